The number of rotatable bonds is 13. The monoisotopic (exact) mass is 633 g/mol. The van der Waals surface area contributed by atoms with Crippen molar-refractivity contribution in [2.75, 3.05) is 24.5 Å². The van der Waals surface area contributed by atoms with Crippen molar-refractivity contribution >= 4 is 50.7 Å². The highest BCUT2D eigenvalue weighted by Gasteiger charge is 2.34. The third kappa shape index (κ3) is 8.63. The molecule has 0 fully saturated rings. The Hall–Kier alpha value is -3.27. The smallest absolute Gasteiger partial charge is 0.264 e. The van der Waals surface area contributed by atoms with Gasteiger partial charge in [0.2, 0.25) is 11.8 Å². The standard InChI is InChI=1S/C31H37Cl2N3O5S/c1-6-29(31(38)34-18-21(2)3)35(19-23-8-7-9-27(14-23)41-5)30(37)20-36(26-16-24(32)15-25(33)17-26)42(39,40)28-12-10-22(4)11-13-28/h7-17,21,29H,6,18-20H2,1-5H3,(H,34,38)/t29-/m1/s1. The van der Waals surface area contributed by atoms with Gasteiger partial charge in [-0.1, -0.05) is 73.8 Å². The predicted molar refractivity (Wildman–Crippen MR) is 168 cm³/mol. The molecule has 0 radical (unpaired) electrons. The maximum Gasteiger partial charge on any atom is 0.264 e. The first-order chi connectivity index (χ1) is 19.8. The lowest BCUT2D eigenvalue weighted by Gasteiger charge is -2.33. The van der Waals surface area contributed by atoms with Crippen LogP contribution in [0.1, 0.15) is 38.3 Å². The van der Waals surface area contributed by atoms with Gasteiger partial charge in [-0.05, 0) is 67.3 Å². The molecule has 1 N–H and O–H groups in total. The molecule has 8 nitrogen and oxygen atoms in total. The summed E-state index contributed by atoms with van der Waals surface area (Å²) < 4.78 is 34.3. The number of halogens is 2. The SMILES string of the molecule is CC[C@H](C(=O)NCC(C)C)N(Cc1cccc(OC)c1)C(=O)CN(c1cc(Cl)cc(Cl)c1)S(=O)(=O)c1ccc(C)cc1. The van der Waals surface area contributed by atoms with Gasteiger partial charge >= 0.3 is 0 Å². The summed E-state index contributed by atoms with van der Waals surface area (Å²) in [6.45, 7) is 7.51. The highest BCUT2D eigenvalue weighted by atomic mass is 35.5. The molecular formula is C31H37Cl2N3O5S. The number of aryl methyl sites for hydroxylation is 1. The second-order valence-electron chi connectivity index (χ2n) is 10.4. The lowest BCUT2D eigenvalue weighted by Crippen LogP contribution is -2.52. The van der Waals surface area contributed by atoms with Gasteiger partial charge in [-0.25, -0.2) is 8.42 Å². The number of hydrogen-bond donors (Lipinski definition) is 1. The van der Waals surface area contributed by atoms with Gasteiger partial charge in [-0.3, -0.25) is 13.9 Å². The molecule has 0 unspecified atom stereocenters. The fraction of sp³-hybridized carbons (Fsp3) is 0.355. The van der Waals surface area contributed by atoms with E-state index in [1.165, 1.54) is 35.2 Å². The normalized spacial score (nSPS) is 12.1. The molecule has 0 aliphatic carbocycles. The fourth-order valence-electron chi connectivity index (χ4n) is 4.36. The van der Waals surface area contributed by atoms with Crippen molar-refractivity contribution in [3.63, 3.8) is 0 Å². The molecule has 0 bridgehead atoms. The Balaban J connectivity index is 2.09. The summed E-state index contributed by atoms with van der Waals surface area (Å²) in [4.78, 5) is 28.9. The van der Waals surface area contributed by atoms with Crippen molar-refractivity contribution in [2.45, 2.75) is 51.6 Å². The zero-order valence-electron chi connectivity index (χ0n) is 24.4. The third-order valence-corrected chi connectivity index (χ3v) is 8.81. The number of benzene rings is 3. The summed E-state index contributed by atoms with van der Waals surface area (Å²) in [6.07, 6.45) is 0.313. The van der Waals surface area contributed by atoms with Crippen LogP contribution in [-0.2, 0) is 26.2 Å². The van der Waals surface area contributed by atoms with Crippen LogP contribution >= 0.6 is 23.2 Å². The van der Waals surface area contributed by atoms with E-state index in [0.717, 1.165) is 15.4 Å². The van der Waals surface area contributed by atoms with Crippen molar-refractivity contribution < 1.29 is 22.7 Å². The summed E-state index contributed by atoms with van der Waals surface area (Å²) in [5.74, 6) is -0.0941. The van der Waals surface area contributed by atoms with E-state index in [4.69, 9.17) is 27.9 Å². The molecule has 2 amide bonds. The molecule has 0 heterocycles. The van der Waals surface area contributed by atoms with Crippen LogP contribution in [0.15, 0.2) is 71.6 Å². The molecule has 226 valence electrons. The van der Waals surface area contributed by atoms with Crippen LogP contribution in [0.25, 0.3) is 0 Å². The molecule has 0 spiro atoms. The third-order valence-electron chi connectivity index (χ3n) is 6.58. The lowest BCUT2D eigenvalue weighted by atomic mass is 10.1. The van der Waals surface area contributed by atoms with Crippen LogP contribution in [0.3, 0.4) is 0 Å². The average molecular weight is 635 g/mol. The number of carbonyl (C=O) groups excluding carboxylic acids is 2. The lowest BCUT2D eigenvalue weighted by molar-refractivity contribution is -0.140. The summed E-state index contributed by atoms with van der Waals surface area (Å²) >= 11 is 12.5. The Morgan fingerprint density at radius 3 is 2.19 bits per heavy atom. The first-order valence-electron chi connectivity index (χ1n) is 13.6. The Kier molecular flexibility index (Phi) is 11.7. The van der Waals surface area contributed by atoms with Gasteiger partial charge in [0.05, 0.1) is 17.7 Å². The Morgan fingerprint density at radius 1 is 0.976 bits per heavy atom. The fourth-order valence-corrected chi connectivity index (χ4v) is 6.27. The minimum Gasteiger partial charge on any atom is -0.497 e. The molecule has 0 saturated carbocycles. The van der Waals surface area contributed by atoms with E-state index in [2.05, 4.69) is 5.32 Å². The van der Waals surface area contributed by atoms with Gasteiger partial charge in [0.1, 0.15) is 18.3 Å². The summed E-state index contributed by atoms with van der Waals surface area (Å²) in [7, 11) is -2.70. The molecule has 3 aromatic rings. The average Bonchev–Trinajstić information content (AvgIpc) is 2.94. The number of hydrogen-bond acceptors (Lipinski definition) is 5. The number of amides is 2. The number of nitrogens with one attached hydrogen (secondary N) is 1. The second-order valence-corrected chi connectivity index (χ2v) is 13.1. The number of nitrogens with zero attached hydrogens (tertiary/aromatic N) is 2. The van der Waals surface area contributed by atoms with Crippen LogP contribution < -0.4 is 14.4 Å². The largest absolute Gasteiger partial charge is 0.497 e. The van der Waals surface area contributed by atoms with E-state index in [1.807, 2.05) is 33.8 Å². The zero-order chi connectivity index (χ0) is 31.0. The van der Waals surface area contributed by atoms with Crippen LogP contribution in [0.4, 0.5) is 5.69 Å². The van der Waals surface area contributed by atoms with Gasteiger partial charge in [-0.15, -0.1) is 0 Å². The van der Waals surface area contributed by atoms with Gasteiger partial charge in [0, 0.05) is 23.1 Å². The molecule has 11 heteroatoms. The summed E-state index contributed by atoms with van der Waals surface area (Å²) in [6, 6.07) is 17.0. The highest BCUT2D eigenvalue weighted by Crippen LogP contribution is 2.30. The van der Waals surface area contributed by atoms with E-state index in [9.17, 15) is 18.0 Å². The van der Waals surface area contributed by atoms with Gasteiger partial charge < -0.3 is 15.0 Å². The minimum atomic E-state index is -4.24. The number of carbonyl (C=O) groups is 2. The van der Waals surface area contributed by atoms with E-state index in [0.29, 0.717) is 18.7 Å². The Labute approximate surface area is 258 Å². The summed E-state index contributed by atoms with van der Waals surface area (Å²) in [5, 5.41) is 3.33. The summed E-state index contributed by atoms with van der Waals surface area (Å²) in [5.41, 5.74) is 1.72. The van der Waals surface area contributed by atoms with Gasteiger partial charge in [0.25, 0.3) is 10.0 Å². The molecule has 42 heavy (non-hydrogen) atoms. The quantitative estimate of drug-likeness (QED) is 0.246. The van der Waals surface area contributed by atoms with Crippen LogP contribution in [0.5, 0.6) is 5.75 Å². The van der Waals surface area contributed by atoms with Crippen LogP contribution in [-0.4, -0.2) is 51.4 Å². The molecule has 3 aromatic carbocycles. The van der Waals surface area contributed by atoms with Crippen molar-refractivity contribution in [3.05, 3.63) is 87.9 Å². The van der Waals surface area contributed by atoms with Crippen LogP contribution in [0.2, 0.25) is 10.0 Å². The Bertz CT molecular complexity index is 1480. The highest BCUT2D eigenvalue weighted by molar-refractivity contribution is 7.92. The molecular weight excluding hydrogens is 597 g/mol. The molecule has 0 aliphatic heterocycles. The van der Waals surface area contributed by atoms with Crippen molar-refractivity contribution in [1.29, 1.82) is 0 Å². The minimum absolute atomic E-state index is 0.00179. The maximum atomic E-state index is 14.2. The first kappa shape index (κ1) is 33.2. The molecule has 0 aromatic heterocycles. The second kappa shape index (κ2) is 14.8. The van der Waals surface area contributed by atoms with E-state index in [1.54, 1.807) is 37.4 Å². The number of sulfonamides is 1. The van der Waals surface area contributed by atoms with Gasteiger partial charge in [-0.2, -0.15) is 0 Å². The molecule has 0 aliphatic rings. The molecule has 3 rings (SSSR count). The van der Waals surface area contributed by atoms with E-state index >= 15 is 0 Å². The number of methoxy groups -OCH3 is 1. The van der Waals surface area contributed by atoms with Gasteiger partial charge in [0.15, 0.2) is 0 Å². The Morgan fingerprint density at radius 2 is 1.62 bits per heavy atom. The number of anilines is 1. The van der Waals surface area contributed by atoms with Crippen LogP contribution in [0, 0.1) is 12.8 Å². The van der Waals surface area contributed by atoms with E-state index < -0.39 is 28.5 Å². The number of ether oxygens (including phenoxy) is 1. The molecule has 0 saturated heterocycles. The zero-order valence-corrected chi connectivity index (χ0v) is 26.8. The van der Waals surface area contributed by atoms with Crippen molar-refractivity contribution in [3.8, 4) is 5.75 Å². The topological polar surface area (TPSA) is 96.0 Å². The molecule has 1 atom stereocenters. The van der Waals surface area contributed by atoms with E-state index in [-0.39, 0.29) is 39.0 Å². The predicted octanol–water partition coefficient (Wildman–Crippen LogP) is 6.09. The maximum absolute atomic E-state index is 14.2. The van der Waals surface area contributed by atoms with Crippen molar-refractivity contribution in [2.24, 2.45) is 5.92 Å². The first-order valence-corrected chi connectivity index (χ1v) is 15.8. The van der Waals surface area contributed by atoms with Crippen molar-refractivity contribution in [1.82, 2.24) is 10.2 Å².